The Hall–Kier alpha value is -2.53. The van der Waals surface area contributed by atoms with E-state index < -0.39 is 0 Å². The molecule has 132 valence electrons. The van der Waals surface area contributed by atoms with Gasteiger partial charge in [-0.1, -0.05) is 42.0 Å². The number of rotatable bonds is 4. The minimum absolute atomic E-state index is 0.0699. The van der Waals surface area contributed by atoms with Crippen molar-refractivity contribution in [2.24, 2.45) is 0 Å². The number of urea groups is 1. The number of hydrogen-bond acceptors (Lipinski definition) is 3. The zero-order valence-electron chi connectivity index (χ0n) is 14.9. The van der Waals surface area contributed by atoms with Gasteiger partial charge in [-0.2, -0.15) is 0 Å². The second-order valence-corrected chi connectivity index (χ2v) is 6.38. The van der Waals surface area contributed by atoms with Crippen molar-refractivity contribution in [3.8, 4) is 5.75 Å². The number of methoxy groups -OCH3 is 1. The summed E-state index contributed by atoms with van der Waals surface area (Å²) in [6.07, 6.45) is 0. The van der Waals surface area contributed by atoms with Crippen LogP contribution in [0.15, 0.2) is 48.5 Å². The van der Waals surface area contributed by atoms with Crippen LogP contribution >= 0.6 is 0 Å². The molecule has 0 atom stereocenters. The number of hydrogen-bond donors (Lipinski definition) is 1. The highest BCUT2D eigenvalue weighted by Gasteiger charge is 2.21. The summed E-state index contributed by atoms with van der Waals surface area (Å²) in [6.45, 7) is 6.26. The molecular formula is C20H25N3O2. The number of carbonyl (C=O) groups is 1. The molecule has 1 N–H and O–H groups in total. The first kappa shape index (κ1) is 17.3. The molecule has 1 aliphatic rings. The first-order valence-corrected chi connectivity index (χ1v) is 8.62. The monoisotopic (exact) mass is 339 g/mol. The summed E-state index contributed by atoms with van der Waals surface area (Å²) < 4.78 is 5.28. The fraction of sp³-hybridized carbons (Fsp3) is 0.350. The average molecular weight is 339 g/mol. The number of piperazine rings is 1. The van der Waals surface area contributed by atoms with Crippen molar-refractivity contribution in [2.75, 3.05) is 38.6 Å². The van der Waals surface area contributed by atoms with Crippen LogP contribution in [0.2, 0.25) is 0 Å². The molecule has 1 aliphatic heterocycles. The van der Waals surface area contributed by atoms with Crippen LogP contribution < -0.4 is 10.1 Å². The summed E-state index contributed by atoms with van der Waals surface area (Å²) in [7, 11) is 1.61. The first-order valence-electron chi connectivity index (χ1n) is 8.62. The maximum absolute atomic E-state index is 12.5. The standard InChI is InChI=1S/C20H25N3O2/c1-16-7-9-17(10-8-16)15-22-11-13-23(14-12-22)20(24)21-18-5-3-4-6-19(18)25-2/h3-10H,11-15H2,1-2H3,(H,21,24). The Balaban J connectivity index is 1.51. The predicted octanol–water partition coefficient (Wildman–Crippen LogP) is 3.35. The first-order chi connectivity index (χ1) is 12.2. The van der Waals surface area contributed by atoms with Crippen LogP contribution in [-0.2, 0) is 6.54 Å². The summed E-state index contributed by atoms with van der Waals surface area (Å²) in [4.78, 5) is 16.7. The molecule has 0 radical (unpaired) electrons. The van der Waals surface area contributed by atoms with Crippen molar-refractivity contribution in [1.82, 2.24) is 9.80 Å². The number of carbonyl (C=O) groups excluding carboxylic acids is 1. The molecule has 5 heteroatoms. The third-order valence-corrected chi connectivity index (χ3v) is 4.53. The van der Waals surface area contributed by atoms with Crippen LogP contribution in [0.5, 0.6) is 5.75 Å². The Morgan fingerprint density at radius 3 is 2.40 bits per heavy atom. The number of benzene rings is 2. The molecule has 2 aromatic carbocycles. The van der Waals surface area contributed by atoms with Crippen molar-refractivity contribution < 1.29 is 9.53 Å². The van der Waals surface area contributed by atoms with E-state index in [0.717, 1.165) is 32.7 Å². The van der Waals surface area contributed by atoms with E-state index in [4.69, 9.17) is 4.74 Å². The number of anilines is 1. The summed E-state index contributed by atoms with van der Waals surface area (Å²) >= 11 is 0. The van der Waals surface area contributed by atoms with E-state index in [2.05, 4.69) is 41.4 Å². The average Bonchev–Trinajstić information content (AvgIpc) is 2.64. The Kier molecular flexibility index (Phi) is 5.56. The third kappa shape index (κ3) is 4.51. The minimum atomic E-state index is -0.0699. The lowest BCUT2D eigenvalue weighted by molar-refractivity contribution is 0.143. The quantitative estimate of drug-likeness (QED) is 0.929. The highest BCUT2D eigenvalue weighted by molar-refractivity contribution is 5.91. The molecule has 1 fully saturated rings. The molecule has 2 aromatic rings. The fourth-order valence-electron chi connectivity index (χ4n) is 3.00. The molecule has 2 amide bonds. The van der Waals surface area contributed by atoms with Crippen molar-refractivity contribution in [1.29, 1.82) is 0 Å². The van der Waals surface area contributed by atoms with Gasteiger partial charge in [-0.05, 0) is 24.6 Å². The van der Waals surface area contributed by atoms with Gasteiger partial charge in [0.25, 0.3) is 0 Å². The van der Waals surface area contributed by atoms with Crippen LogP contribution in [0, 0.1) is 6.92 Å². The molecule has 0 aliphatic carbocycles. The van der Waals surface area contributed by atoms with Gasteiger partial charge >= 0.3 is 6.03 Å². The maximum atomic E-state index is 12.5. The van der Waals surface area contributed by atoms with Gasteiger partial charge in [-0.15, -0.1) is 0 Å². The molecule has 3 rings (SSSR count). The van der Waals surface area contributed by atoms with E-state index in [-0.39, 0.29) is 6.03 Å². The van der Waals surface area contributed by atoms with Crippen molar-refractivity contribution >= 4 is 11.7 Å². The molecule has 0 unspecified atom stereocenters. The molecule has 0 bridgehead atoms. The Morgan fingerprint density at radius 2 is 1.72 bits per heavy atom. The van der Waals surface area contributed by atoms with Crippen LogP contribution in [0.4, 0.5) is 10.5 Å². The number of aryl methyl sites for hydroxylation is 1. The van der Waals surface area contributed by atoms with Gasteiger partial charge in [0.1, 0.15) is 5.75 Å². The zero-order valence-corrected chi connectivity index (χ0v) is 14.9. The summed E-state index contributed by atoms with van der Waals surface area (Å²) in [5.41, 5.74) is 3.30. The lowest BCUT2D eigenvalue weighted by Crippen LogP contribution is -2.49. The number of nitrogens with zero attached hydrogens (tertiary/aromatic N) is 2. The van der Waals surface area contributed by atoms with Crippen molar-refractivity contribution in [3.05, 3.63) is 59.7 Å². The number of amides is 2. The molecule has 1 heterocycles. The largest absolute Gasteiger partial charge is 0.495 e. The van der Waals surface area contributed by atoms with Gasteiger partial charge in [0.05, 0.1) is 12.8 Å². The van der Waals surface area contributed by atoms with Crippen LogP contribution in [-0.4, -0.2) is 49.1 Å². The molecule has 25 heavy (non-hydrogen) atoms. The molecule has 0 aromatic heterocycles. The van der Waals surface area contributed by atoms with E-state index in [1.165, 1.54) is 11.1 Å². The fourth-order valence-corrected chi connectivity index (χ4v) is 3.00. The van der Waals surface area contributed by atoms with Gasteiger partial charge in [0.2, 0.25) is 0 Å². The molecule has 1 saturated heterocycles. The Morgan fingerprint density at radius 1 is 1.04 bits per heavy atom. The summed E-state index contributed by atoms with van der Waals surface area (Å²) in [5.74, 6) is 0.675. The topological polar surface area (TPSA) is 44.8 Å². The third-order valence-electron chi connectivity index (χ3n) is 4.53. The minimum Gasteiger partial charge on any atom is -0.495 e. The summed E-state index contributed by atoms with van der Waals surface area (Å²) in [6, 6.07) is 16.0. The molecular weight excluding hydrogens is 314 g/mol. The second-order valence-electron chi connectivity index (χ2n) is 6.38. The second kappa shape index (κ2) is 8.03. The van der Waals surface area contributed by atoms with Gasteiger partial charge < -0.3 is 15.0 Å². The van der Waals surface area contributed by atoms with E-state index >= 15 is 0 Å². The van der Waals surface area contributed by atoms with Crippen LogP contribution in [0.25, 0.3) is 0 Å². The highest BCUT2D eigenvalue weighted by atomic mass is 16.5. The zero-order chi connectivity index (χ0) is 17.6. The van der Waals surface area contributed by atoms with Gasteiger partial charge in [0, 0.05) is 32.7 Å². The lowest BCUT2D eigenvalue weighted by atomic mass is 10.1. The Labute approximate surface area is 149 Å². The predicted molar refractivity (Wildman–Crippen MR) is 100 cm³/mol. The molecule has 0 spiro atoms. The molecule has 5 nitrogen and oxygen atoms in total. The number of ether oxygens (including phenoxy) is 1. The lowest BCUT2D eigenvalue weighted by Gasteiger charge is -2.34. The van der Waals surface area contributed by atoms with E-state index in [9.17, 15) is 4.79 Å². The van der Waals surface area contributed by atoms with Gasteiger partial charge in [-0.3, -0.25) is 4.90 Å². The highest BCUT2D eigenvalue weighted by Crippen LogP contribution is 2.23. The summed E-state index contributed by atoms with van der Waals surface area (Å²) in [5, 5.41) is 2.95. The van der Waals surface area contributed by atoms with Crippen LogP contribution in [0.1, 0.15) is 11.1 Å². The van der Waals surface area contributed by atoms with Gasteiger partial charge in [0.15, 0.2) is 0 Å². The van der Waals surface area contributed by atoms with Crippen molar-refractivity contribution in [3.63, 3.8) is 0 Å². The number of para-hydroxylation sites is 2. The van der Waals surface area contributed by atoms with Gasteiger partial charge in [-0.25, -0.2) is 4.79 Å². The smallest absolute Gasteiger partial charge is 0.322 e. The van der Waals surface area contributed by atoms with Crippen LogP contribution in [0.3, 0.4) is 0 Å². The molecule has 0 saturated carbocycles. The number of nitrogens with one attached hydrogen (secondary N) is 1. The Bertz CT molecular complexity index is 707. The normalized spacial score (nSPS) is 15.0. The van der Waals surface area contributed by atoms with E-state index in [1.54, 1.807) is 7.11 Å². The maximum Gasteiger partial charge on any atom is 0.322 e. The van der Waals surface area contributed by atoms with Crippen molar-refractivity contribution in [2.45, 2.75) is 13.5 Å². The van der Waals surface area contributed by atoms with E-state index in [1.807, 2.05) is 29.2 Å². The van der Waals surface area contributed by atoms with E-state index in [0.29, 0.717) is 11.4 Å². The SMILES string of the molecule is COc1ccccc1NC(=O)N1CCN(Cc2ccc(C)cc2)CC1.